The van der Waals surface area contributed by atoms with Crippen LogP contribution in [0.5, 0.6) is 0 Å². The van der Waals surface area contributed by atoms with Crippen molar-refractivity contribution in [3.05, 3.63) is 81.8 Å². The first-order chi connectivity index (χ1) is 12.8. The zero-order valence-corrected chi connectivity index (χ0v) is 17.8. The van der Waals surface area contributed by atoms with E-state index in [-0.39, 0.29) is 12.1 Å². The van der Waals surface area contributed by atoms with Crippen molar-refractivity contribution in [1.82, 2.24) is 4.90 Å². The second-order valence-electron chi connectivity index (χ2n) is 7.49. The molecular formula is C23H26BrNO2. The van der Waals surface area contributed by atoms with Gasteiger partial charge in [-0.2, -0.15) is 0 Å². The topological polar surface area (TPSA) is 29.5 Å². The van der Waals surface area contributed by atoms with Crippen molar-refractivity contribution >= 4 is 22.0 Å². The molecule has 27 heavy (non-hydrogen) atoms. The quantitative estimate of drug-likeness (QED) is 0.508. The van der Waals surface area contributed by atoms with Gasteiger partial charge in [0.05, 0.1) is 6.04 Å². The summed E-state index contributed by atoms with van der Waals surface area (Å²) in [5.74, 6) is 0. The molecule has 2 unspecified atom stereocenters. The molecule has 1 saturated heterocycles. The Kier molecular flexibility index (Phi) is 5.75. The molecule has 1 heterocycles. The van der Waals surface area contributed by atoms with Gasteiger partial charge in [-0.1, -0.05) is 70.5 Å². The number of rotatable bonds is 5. The molecule has 0 spiro atoms. The maximum absolute atomic E-state index is 13.0. The molecule has 1 amide bonds. The third-order valence-electron chi connectivity index (χ3n) is 5.29. The summed E-state index contributed by atoms with van der Waals surface area (Å²) in [6, 6.07) is 16.2. The molecule has 0 aliphatic carbocycles. The molecule has 0 saturated carbocycles. The Morgan fingerprint density at radius 3 is 2.59 bits per heavy atom. The molecule has 2 aromatic carbocycles. The molecule has 0 radical (unpaired) electrons. The first-order valence-electron chi connectivity index (χ1n) is 9.28. The summed E-state index contributed by atoms with van der Waals surface area (Å²) in [6.45, 7) is 10.8. The van der Waals surface area contributed by atoms with E-state index in [1.165, 1.54) is 0 Å². The Labute approximate surface area is 170 Å². The molecule has 1 fully saturated rings. The second-order valence-corrected chi connectivity index (χ2v) is 8.34. The van der Waals surface area contributed by atoms with Gasteiger partial charge in [-0.3, -0.25) is 0 Å². The molecule has 1 aliphatic rings. The molecule has 4 heteroatoms. The number of amides is 1. The lowest BCUT2D eigenvalue weighted by Gasteiger charge is -2.43. The Balaban J connectivity index is 1.85. The van der Waals surface area contributed by atoms with Crippen LogP contribution < -0.4 is 0 Å². The predicted molar refractivity (Wildman–Crippen MR) is 113 cm³/mol. The Morgan fingerprint density at radius 1 is 1.30 bits per heavy atom. The highest BCUT2D eigenvalue weighted by molar-refractivity contribution is 9.10. The van der Waals surface area contributed by atoms with E-state index in [2.05, 4.69) is 48.5 Å². The fourth-order valence-electron chi connectivity index (χ4n) is 3.79. The summed E-state index contributed by atoms with van der Waals surface area (Å²) in [6.07, 6.45) is 1.12. The fraction of sp³-hybridized carbons (Fsp3) is 0.348. The summed E-state index contributed by atoms with van der Waals surface area (Å²) >= 11 is 3.54. The van der Waals surface area contributed by atoms with E-state index >= 15 is 0 Å². The zero-order valence-electron chi connectivity index (χ0n) is 16.2. The van der Waals surface area contributed by atoms with Crippen LogP contribution in [0.25, 0.3) is 0 Å². The van der Waals surface area contributed by atoms with E-state index in [4.69, 9.17) is 4.74 Å². The number of hydrogen-bond acceptors (Lipinski definition) is 2. The lowest BCUT2D eigenvalue weighted by molar-refractivity contribution is -0.0602. The number of ether oxygens (including phenoxy) is 1. The van der Waals surface area contributed by atoms with Crippen molar-refractivity contribution in [2.45, 2.75) is 45.3 Å². The van der Waals surface area contributed by atoms with Crippen LogP contribution in [0.1, 0.15) is 49.4 Å². The first-order valence-corrected chi connectivity index (χ1v) is 10.1. The average Bonchev–Trinajstić information content (AvgIpc) is 2.64. The van der Waals surface area contributed by atoms with Crippen LogP contribution in [0.3, 0.4) is 0 Å². The van der Waals surface area contributed by atoms with Gasteiger partial charge in [0.2, 0.25) is 0 Å². The van der Waals surface area contributed by atoms with E-state index in [9.17, 15) is 4.79 Å². The number of nitrogens with zero attached hydrogens (tertiary/aromatic N) is 1. The van der Waals surface area contributed by atoms with E-state index < -0.39 is 5.60 Å². The second kappa shape index (κ2) is 7.89. The van der Waals surface area contributed by atoms with Crippen LogP contribution in [0.4, 0.5) is 4.79 Å². The molecule has 3 rings (SSSR count). The molecule has 2 atom stereocenters. The average molecular weight is 428 g/mol. The number of benzene rings is 2. The van der Waals surface area contributed by atoms with Crippen LogP contribution in [0.15, 0.2) is 65.2 Å². The highest BCUT2D eigenvalue weighted by atomic mass is 79.9. The number of carbonyl (C=O) groups is 1. The SMILES string of the molecule is C=C(C)CC1(c2ccccc2)CCN(C(C)c2ccc(Br)c(C)c2)C(=O)O1. The minimum Gasteiger partial charge on any atom is -0.437 e. The van der Waals surface area contributed by atoms with Gasteiger partial charge in [0.25, 0.3) is 0 Å². The number of aryl methyl sites for hydroxylation is 1. The van der Waals surface area contributed by atoms with Gasteiger partial charge < -0.3 is 9.64 Å². The number of cyclic esters (lactones) is 1. The molecule has 0 bridgehead atoms. The van der Waals surface area contributed by atoms with Gasteiger partial charge in [-0.25, -0.2) is 4.79 Å². The Morgan fingerprint density at radius 2 is 2.00 bits per heavy atom. The normalized spacial score (nSPS) is 20.9. The molecule has 0 aromatic heterocycles. The molecular weight excluding hydrogens is 402 g/mol. The monoisotopic (exact) mass is 427 g/mol. The smallest absolute Gasteiger partial charge is 0.411 e. The number of halogens is 1. The van der Waals surface area contributed by atoms with Crippen molar-refractivity contribution in [3.8, 4) is 0 Å². The van der Waals surface area contributed by atoms with Gasteiger partial charge in [-0.15, -0.1) is 0 Å². The summed E-state index contributed by atoms with van der Waals surface area (Å²) in [4.78, 5) is 14.8. The summed E-state index contributed by atoms with van der Waals surface area (Å²) in [5, 5.41) is 0. The first kappa shape index (κ1) is 19.7. The van der Waals surface area contributed by atoms with Crippen LogP contribution in [-0.4, -0.2) is 17.5 Å². The molecule has 1 aliphatic heterocycles. The van der Waals surface area contributed by atoms with Crippen molar-refractivity contribution in [2.24, 2.45) is 0 Å². The predicted octanol–water partition coefficient (Wildman–Crippen LogP) is 6.52. The largest absolute Gasteiger partial charge is 0.437 e. The Bertz CT molecular complexity index is 849. The van der Waals surface area contributed by atoms with Crippen LogP contribution in [0.2, 0.25) is 0 Å². The Hall–Kier alpha value is -2.07. The van der Waals surface area contributed by atoms with Gasteiger partial charge in [0.1, 0.15) is 5.60 Å². The molecule has 3 nitrogen and oxygen atoms in total. The van der Waals surface area contributed by atoms with Crippen molar-refractivity contribution < 1.29 is 9.53 Å². The van der Waals surface area contributed by atoms with E-state index in [0.717, 1.165) is 33.2 Å². The van der Waals surface area contributed by atoms with Gasteiger partial charge in [-0.05, 0) is 43.5 Å². The zero-order chi connectivity index (χ0) is 19.6. The minimum atomic E-state index is -0.629. The molecule has 142 valence electrons. The lowest BCUT2D eigenvalue weighted by Crippen LogP contribution is -2.48. The van der Waals surface area contributed by atoms with E-state index in [1.807, 2.05) is 48.2 Å². The summed E-state index contributed by atoms with van der Waals surface area (Å²) in [7, 11) is 0. The van der Waals surface area contributed by atoms with E-state index in [1.54, 1.807) is 0 Å². The van der Waals surface area contributed by atoms with E-state index in [0.29, 0.717) is 13.0 Å². The lowest BCUT2D eigenvalue weighted by atomic mass is 9.83. The van der Waals surface area contributed by atoms with Crippen molar-refractivity contribution in [2.75, 3.05) is 6.54 Å². The maximum atomic E-state index is 13.0. The van der Waals surface area contributed by atoms with Gasteiger partial charge >= 0.3 is 6.09 Å². The highest BCUT2D eigenvalue weighted by Gasteiger charge is 2.43. The third kappa shape index (κ3) is 4.11. The van der Waals surface area contributed by atoms with Gasteiger partial charge in [0.15, 0.2) is 0 Å². The van der Waals surface area contributed by atoms with Crippen LogP contribution >= 0.6 is 15.9 Å². The van der Waals surface area contributed by atoms with Gasteiger partial charge in [0, 0.05) is 23.9 Å². The summed E-state index contributed by atoms with van der Waals surface area (Å²) < 4.78 is 7.17. The highest BCUT2D eigenvalue weighted by Crippen LogP contribution is 2.41. The number of carbonyl (C=O) groups excluding carboxylic acids is 1. The van der Waals surface area contributed by atoms with Crippen LogP contribution in [0, 0.1) is 6.92 Å². The summed E-state index contributed by atoms with van der Waals surface area (Å²) in [5.41, 5.74) is 3.69. The fourth-order valence-corrected chi connectivity index (χ4v) is 4.03. The number of hydrogen-bond donors (Lipinski definition) is 0. The van der Waals surface area contributed by atoms with Crippen LogP contribution in [-0.2, 0) is 10.3 Å². The third-order valence-corrected chi connectivity index (χ3v) is 6.18. The van der Waals surface area contributed by atoms with Crippen molar-refractivity contribution in [3.63, 3.8) is 0 Å². The molecule has 2 aromatic rings. The standard InChI is InChI=1S/C23H26BrNO2/c1-16(2)15-23(20-8-6-5-7-9-20)12-13-25(22(26)27-23)18(4)19-10-11-21(24)17(3)14-19/h5-11,14,18H,1,12-13,15H2,2-4H3. The minimum absolute atomic E-state index is 0.0390. The molecule has 0 N–H and O–H groups in total. The maximum Gasteiger partial charge on any atom is 0.411 e. The van der Waals surface area contributed by atoms with Crippen molar-refractivity contribution in [1.29, 1.82) is 0 Å².